The van der Waals surface area contributed by atoms with Crippen molar-refractivity contribution in [1.29, 1.82) is 0 Å². The number of amides is 2. The number of para-hydroxylation sites is 1. The fourth-order valence-electron chi connectivity index (χ4n) is 1.79. The number of benzene rings is 2. The predicted molar refractivity (Wildman–Crippen MR) is 96.9 cm³/mol. The monoisotopic (exact) mass is 384 g/mol. The lowest BCUT2D eigenvalue weighted by molar-refractivity contribution is -0.118. The Morgan fingerprint density at radius 3 is 2.46 bits per heavy atom. The molecule has 0 heterocycles. The average Bonchev–Trinajstić information content (AvgIpc) is 2.51. The summed E-state index contributed by atoms with van der Waals surface area (Å²) in [7, 11) is 0. The summed E-state index contributed by atoms with van der Waals surface area (Å²) >= 11 is 13.0. The number of anilines is 1. The Kier molecular flexibility index (Phi) is 6.78. The van der Waals surface area contributed by atoms with Crippen LogP contribution in [0.4, 0.5) is 5.69 Å². The van der Waals surface area contributed by atoms with Gasteiger partial charge in [-0.1, -0.05) is 35.3 Å². The maximum Gasteiger partial charge on any atom is 0.262 e. The molecule has 0 unspecified atom stereocenters. The maximum absolute atomic E-state index is 12.0. The van der Waals surface area contributed by atoms with Crippen LogP contribution in [0.15, 0.2) is 47.4 Å². The number of hydrogen-bond donors (Lipinski definition) is 2. The van der Waals surface area contributed by atoms with E-state index in [2.05, 4.69) is 5.32 Å². The van der Waals surface area contributed by atoms with E-state index in [0.29, 0.717) is 21.5 Å². The molecule has 0 radical (unpaired) electrons. The van der Waals surface area contributed by atoms with Crippen molar-refractivity contribution in [3.8, 4) is 5.75 Å². The van der Waals surface area contributed by atoms with Crippen LogP contribution in [0.5, 0.6) is 5.75 Å². The zero-order chi connectivity index (χ0) is 17.5. The zero-order valence-electron chi connectivity index (χ0n) is 12.4. The molecule has 0 spiro atoms. The van der Waals surface area contributed by atoms with Crippen molar-refractivity contribution < 1.29 is 14.3 Å². The van der Waals surface area contributed by atoms with Crippen LogP contribution >= 0.6 is 35.0 Å². The van der Waals surface area contributed by atoms with Crippen molar-refractivity contribution in [3.05, 3.63) is 52.5 Å². The average molecular weight is 385 g/mol. The highest BCUT2D eigenvalue weighted by atomic mass is 35.5. The number of thioether (sulfide) groups is 1. The van der Waals surface area contributed by atoms with Crippen LogP contribution in [0.1, 0.15) is 0 Å². The third kappa shape index (κ3) is 5.96. The van der Waals surface area contributed by atoms with Gasteiger partial charge in [-0.15, -0.1) is 11.8 Å². The number of hydrogen-bond acceptors (Lipinski definition) is 4. The fourth-order valence-corrected chi connectivity index (χ4v) is 3.04. The summed E-state index contributed by atoms with van der Waals surface area (Å²) in [5.41, 5.74) is 5.72. The van der Waals surface area contributed by atoms with E-state index in [0.717, 1.165) is 4.90 Å². The summed E-state index contributed by atoms with van der Waals surface area (Å²) in [5.74, 6) is -0.246. The molecule has 0 aromatic heterocycles. The van der Waals surface area contributed by atoms with E-state index < -0.39 is 5.91 Å². The number of rotatable bonds is 7. The van der Waals surface area contributed by atoms with Crippen LogP contribution in [0.3, 0.4) is 0 Å². The van der Waals surface area contributed by atoms with Crippen molar-refractivity contribution in [2.75, 3.05) is 17.7 Å². The third-order valence-electron chi connectivity index (χ3n) is 2.74. The van der Waals surface area contributed by atoms with Crippen LogP contribution in [-0.4, -0.2) is 24.2 Å². The number of ether oxygens (including phenoxy) is 1. The third-order valence-corrected chi connectivity index (χ3v) is 4.27. The van der Waals surface area contributed by atoms with Crippen molar-refractivity contribution >= 4 is 52.5 Å². The van der Waals surface area contributed by atoms with Gasteiger partial charge in [-0.05, 0) is 30.3 Å². The lowest BCUT2D eigenvalue weighted by Gasteiger charge is -2.11. The molecule has 8 heteroatoms. The summed E-state index contributed by atoms with van der Waals surface area (Å²) in [6.07, 6.45) is 0. The summed E-state index contributed by atoms with van der Waals surface area (Å²) < 4.78 is 5.38. The van der Waals surface area contributed by atoms with Crippen LogP contribution < -0.4 is 15.8 Å². The standard InChI is InChI=1S/C16H14Cl2N2O3S/c17-10-5-11(18)7-12(6-10)23-8-16(22)20-13-3-1-2-4-14(13)24-9-15(19)21/h1-7H,8-9H2,(H2,19,21)(H,20,22). The van der Waals surface area contributed by atoms with E-state index in [1.807, 2.05) is 6.07 Å². The smallest absolute Gasteiger partial charge is 0.262 e. The topological polar surface area (TPSA) is 81.4 Å². The molecular weight excluding hydrogens is 371 g/mol. The number of nitrogens with two attached hydrogens (primary N) is 1. The Hall–Kier alpha value is -1.89. The summed E-state index contributed by atoms with van der Waals surface area (Å²) in [6, 6.07) is 11.8. The molecule has 3 N–H and O–H groups in total. The molecule has 2 aromatic carbocycles. The first kappa shape index (κ1) is 18.4. The lowest BCUT2D eigenvalue weighted by Crippen LogP contribution is -2.20. The van der Waals surface area contributed by atoms with Crippen LogP contribution in [0.25, 0.3) is 0 Å². The molecule has 0 atom stereocenters. The molecule has 0 bridgehead atoms. The minimum atomic E-state index is -0.428. The molecule has 0 saturated heterocycles. The van der Waals surface area contributed by atoms with E-state index in [-0.39, 0.29) is 18.3 Å². The Balaban J connectivity index is 1.96. The van der Waals surface area contributed by atoms with Crippen LogP contribution in [-0.2, 0) is 9.59 Å². The quantitative estimate of drug-likeness (QED) is 0.714. The first-order chi connectivity index (χ1) is 11.4. The highest BCUT2D eigenvalue weighted by Crippen LogP contribution is 2.27. The van der Waals surface area contributed by atoms with E-state index in [1.54, 1.807) is 36.4 Å². The predicted octanol–water partition coefficient (Wildman–Crippen LogP) is 3.59. The molecule has 2 aromatic rings. The number of carbonyl (C=O) groups is 2. The molecule has 0 aliphatic heterocycles. The first-order valence-corrected chi connectivity index (χ1v) is 8.57. The Bertz CT molecular complexity index is 736. The second-order valence-corrected chi connectivity index (χ2v) is 6.58. The summed E-state index contributed by atoms with van der Waals surface area (Å²) in [5, 5.41) is 3.58. The van der Waals surface area contributed by atoms with Crippen molar-refractivity contribution in [2.45, 2.75) is 4.90 Å². The van der Waals surface area contributed by atoms with Gasteiger partial charge in [0, 0.05) is 14.9 Å². The SMILES string of the molecule is NC(=O)CSc1ccccc1NC(=O)COc1cc(Cl)cc(Cl)c1. The first-order valence-electron chi connectivity index (χ1n) is 6.83. The zero-order valence-corrected chi connectivity index (χ0v) is 14.8. The van der Waals surface area contributed by atoms with Crippen molar-refractivity contribution in [2.24, 2.45) is 5.73 Å². The molecule has 0 aliphatic carbocycles. The molecule has 0 fully saturated rings. The molecule has 2 rings (SSSR count). The largest absolute Gasteiger partial charge is 0.484 e. The number of halogens is 2. The van der Waals surface area contributed by atoms with E-state index in [1.165, 1.54) is 11.8 Å². The Morgan fingerprint density at radius 2 is 1.79 bits per heavy atom. The molecule has 24 heavy (non-hydrogen) atoms. The minimum Gasteiger partial charge on any atom is -0.484 e. The van der Waals surface area contributed by atoms with Gasteiger partial charge in [-0.2, -0.15) is 0 Å². The molecule has 0 saturated carbocycles. The van der Waals surface area contributed by atoms with Gasteiger partial charge in [0.05, 0.1) is 11.4 Å². The second kappa shape index (κ2) is 8.82. The van der Waals surface area contributed by atoms with Gasteiger partial charge in [0.1, 0.15) is 5.75 Å². The Morgan fingerprint density at radius 1 is 1.12 bits per heavy atom. The van der Waals surface area contributed by atoms with Crippen LogP contribution in [0, 0.1) is 0 Å². The Labute approximate surface area is 153 Å². The second-order valence-electron chi connectivity index (χ2n) is 4.69. The molecular formula is C16H14Cl2N2O3S. The summed E-state index contributed by atoms with van der Waals surface area (Å²) in [4.78, 5) is 23.7. The normalized spacial score (nSPS) is 10.2. The van der Waals surface area contributed by atoms with Gasteiger partial charge in [0.15, 0.2) is 6.61 Å². The molecule has 2 amide bonds. The maximum atomic E-state index is 12.0. The number of carbonyl (C=O) groups excluding carboxylic acids is 2. The molecule has 5 nitrogen and oxygen atoms in total. The fraction of sp³-hybridized carbons (Fsp3) is 0.125. The molecule has 126 valence electrons. The van der Waals surface area contributed by atoms with Gasteiger partial charge in [0.25, 0.3) is 5.91 Å². The van der Waals surface area contributed by atoms with E-state index in [9.17, 15) is 9.59 Å². The number of primary amides is 1. The van der Waals surface area contributed by atoms with Gasteiger partial charge in [-0.3, -0.25) is 9.59 Å². The number of nitrogens with one attached hydrogen (secondary N) is 1. The summed E-state index contributed by atoms with van der Waals surface area (Å²) in [6.45, 7) is -0.203. The highest BCUT2D eigenvalue weighted by Gasteiger charge is 2.09. The molecule has 0 aliphatic rings. The van der Waals surface area contributed by atoms with Gasteiger partial charge >= 0.3 is 0 Å². The van der Waals surface area contributed by atoms with Crippen LogP contribution in [0.2, 0.25) is 10.0 Å². The van der Waals surface area contributed by atoms with E-state index in [4.69, 9.17) is 33.7 Å². The highest BCUT2D eigenvalue weighted by molar-refractivity contribution is 8.00. The van der Waals surface area contributed by atoms with Gasteiger partial charge in [0.2, 0.25) is 5.91 Å². The lowest BCUT2D eigenvalue weighted by atomic mass is 10.3. The van der Waals surface area contributed by atoms with E-state index >= 15 is 0 Å². The van der Waals surface area contributed by atoms with Crippen molar-refractivity contribution in [3.63, 3.8) is 0 Å². The van der Waals surface area contributed by atoms with Crippen molar-refractivity contribution in [1.82, 2.24) is 0 Å². The minimum absolute atomic E-state index is 0.129. The van der Waals surface area contributed by atoms with Gasteiger partial charge in [-0.25, -0.2) is 0 Å². The van der Waals surface area contributed by atoms with Gasteiger partial charge < -0.3 is 15.8 Å².